The third-order valence-corrected chi connectivity index (χ3v) is 5.34. The summed E-state index contributed by atoms with van der Waals surface area (Å²) < 4.78 is 37.9. The first-order valence-electron chi connectivity index (χ1n) is 8.80. The highest BCUT2D eigenvalue weighted by molar-refractivity contribution is 6.00. The molecule has 2 amide bonds. The second-order valence-electron chi connectivity index (χ2n) is 6.94. The van der Waals surface area contributed by atoms with E-state index in [2.05, 4.69) is 0 Å². The maximum absolute atomic E-state index is 13.4. The summed E-state index contributed by atoms with van der Waals surface area (Å²) in [6.45, 7) is 2.38. The Bertz CT molecular complexity index is 726. The van der Waals surface area contributed by atoms with Crippen LogP contribution in [0.5, 0.6) is 0 Å². The number of likely N-dealkylation sites (tertiary alicyclic amines) is 1. The molecule has 8 heteroatoms. The molecule has 3 aliphatic heterocycles. The summed E-state index contributed by atoms with van der Waals surface area (Å²) in [7, 11) is 0. The summed E-state index contributed by atoms with van der Waals surface area (Å²) in [5, 5.41) is 0. The second kappa shape index (κ2) is 6.59. The average Bonchev–Trinajstić information content (AvgIpc) is 3.25. The number of piperidine rings is 1. The third kappa shape index (κ3) is 3.07. The molecule has 0 aliphatic carbocycles. The molecule has 26 heavy (non-hydrogen) atoms. The van der Waals surface area contributed by atoms with Crippen LogP contribution in [0.15, 0.2) is 18.2 Å². The number of amides is 2. The monoisotopic (exact) mass is 366 g/mol. The van der Waals surface area contributed by atoms with E-state index in [9.17, 15) is 18.4 Å². The normalized spacial score (nSPS) is 25.3. The molecule has 1 aromatic carbocycles. The molecule has 3 aliphatic rings. The first-order valence-corrected chi connectivity index (χ1v) is 8.80. The first-order chi connectivity index (χ1) is 12.5. The van der Waals surface area contributed by atoms with Crippen LogP contribution in [-0.2, 0) is 19.1 Å². The smallest absolute Gasteiger partial charge is 0.228 e. The molecule has 0 radical (unpaired) electrons. The van der Waals surface area contributed by atoms with Crippen molar-refractivity contribution in [2.45, 2.75) is 25.0 Å². The van der Waals surface area contributed by atoms with Crippen molar-refractivity contribution < 1.29 is 27.8 Å². The van der Waals surface area contributed by atoms with Gasteiger partial charge in [0.15, 0.2) is 17.4 Å². The van der Waals surface area contributed by atoms with Gasteiger partial charge in [-0.05, 0) is 12.1 Å². The quantitative estimate of drug-likeness (QED) is 0.799. The van der Waals surface area contributed by atoms with E-state index in [1.54, 1.807) is 4.90 Å². The topological polar surface area (TPSA) is 59.1 Å². The van der Waals surface area contributed by atoms with Crippen LogP contribution in [0.2, 0.25) is 0 Å². The van der Waals surface area contributed by atoms with E-state index in [4.69, 9.17) is 9.47 Å². The largest absolute Gasteiger partial charge is 0.347 e. The van der Waals surface area contributed by atoms with Crippen molar-refractivity contribution in [3.63, 3.8) is 0 Å². The number of ether oxygens (including phenoxy) is 2. The molecule has 1 spiro atoms. The Labute approximate surface area is 149 Å². The van der Waals surface area contributed by atoms with E-state index in [0.29, 0.717) is 39.1 Å². The van der Waals surface area contributed by atoms with Crippen LogP contribution >= 0.6 is 0 Å². The van der Waals surface area contributed by atoms with Crippen molar-refractivity contribution >= 4 is 17.5 Å². The van der Waals surface area contributed by atoms with Crippen molar-refractivity contribution in [3.8, 4) is 0 Å². The predicted molar refractivity (Wildman–Crippen MR) is 87.3 cm³/mol. The average molecular weight is 366 g/mol. The highest BCUT2D eigenvalue weighted by Crippen LogP contribution is 2.33. The van der Waals surface area contributed by atoms with Gasteiger partial charge in [0, 0.05) is 50.7 Å². The summed E-state index contributed by atoms with van der Waals surface area (Å²) in [5.74, 6) is -3.36. The summed E-state index contributed by atoms with van der Waals surface area (Å²) >= 11 is 0. The molecule has 3 saturated heterocycles. The number of hydrogen-bond acceptors (Lipinski definition) is 4. The molecule has 3 fully saturated rings. The number of anilines is 1. The number of rotatable bonds is 2. The predicted octanol–water partition coefficient (Wildman–Crippen LogP) is 1.68. The van der Waals surface area contributed by atoms with Gasteiger partial charge in [0.05, 0.1) is 19.1 Å². The molecule has 0 aromatic heterocycles. The van der Waals surface area contributed by atoms with Crippen molar-refractivity contribution in [2.24, 2.45) is 5.92 Å². The fourth-order valence-corrected chi connectivity index (χ4v) is 3.89. The maximum Gasteiger partial charge on any atom is 0.228 e. The van der Waals surface area contributed by atoms with Gasteiger partial charge in [0.1, 0.15) is 0 Å². The number of halogens is 2. The van der Waals surface area contributed by atoms with Gasteiger partial charge in [0.25, 0.3) is 0 Å². The fourth-order valence-electron chi connectivity index (χ4n) is 3.89. The molecular weight excluding hydrogens is 346 g/mol. The Morgan fingerprint density at radius 1 is 1.12 bits per heavy atom. The van der Waals surface area contributed by atoms with Crippen molar-refractivity contribution in [3.05, 3.63) is 29.8 Å². The van der Waals surface area contributed by atoms with Gasteiger partial charge in [-0.15, -0.1) is 0 Å². The summed E-state index contributed by atoms with van der Waals surface area (Å²) in [6.07, 6.45) is 1.31. The number of nitrogens with zero attached hydrogens (tertiary/aromatic N) is 2. The summed E-state index contributed by atoms with van der Waals surface area (Å²) in [5.41, 5.74) is 0.273. The highest BCUT2D eigenvalue weighted by Gasteiger charge is 2.43. The van der Waals surface area contributed by atoms with E-state index in [1.165, 1.54) is 11.0 Å². The van der Waals surface area contributed by atoms with Crippen LogP contribution in [0, 0.1) is 17.6 Å². The zero-order chi connectivity index (χ0) is 18.3. The molecular formula is C18H20F2N2O4. The molecule has 0 saturated carbocycles. The Hall–Kier alpha value is -2.06. The zero-order valence-electron chi connectivity index (χ0n) is 14.2. The fraction of sp³-hybridized carbons (Fsp3) is 0.556. The molecule has 1 aromatic rings. The third-order valence-electron chi connectivity index (χ3n) is 5.34. The lowest BCUT2D eigenvalue weighted by atomic mass is 10.0. The number of hydrogen-bond donors (Lipinski definition) is 0. The number of carbonyl (C=O) groups is 2. The highest BCUT2D eigenvalue weighted by atomic mass is 19.2. The van der Waals surface area contributed by atoms with E-state index < -0.39 is 23.3 Å². The standard InChI is InChI=1S/C18H20F2N2O4/c19-14-2-1-13(10-15(14)20)22-11-12(9-16(22)23)17(24)21-5-3-18(4-6-21)25-7-8-26-18/h1-2,10,12H,3-9,11H2. The van der Waals surface area contributed by atoms with Crippen LogP contribution < -0.4 is 4.90 Å². The van der Waals surface area contributed by atoms with Gasteiger partial charge in [0.2, 0.25) is 11.8 Å². The molecule has 4 rings (SSSR count). The van der Waals surface area contributed by atoms with Crippen molar-refractivity contribution in [1.82, 2.24) is 4.90 Å². The molecule has 1 atom stereocenters. The lowest BCUT2D eigenvalue weighted by molar-refractivity contribution is -0.188. The van der Waals surface area contributed by atoms with Gasteiger partial charge in [-0.25, -0.2) is 8.78 Å². The molecule has 0 bridgehead atoms. The Morgan fingerprint density at radius 3 is 2.46 bits per heavy atom. The van der Waals surface area contributed by atoms with Crippen LogP contribution in [0.3, 0.4) is 0 Å². The minimum absolute atomic E-state index is 0.0759. The summed E-state index contributed by atoms with van der Waals surface area (Å²) in [6, 6.07) is 3.32. The molecule has 3 heterocycles. The van der Waals surface area contributed by atoms with Crippen LogP contribution in [0.4, 0.5) is 14.5 Å². The van der Waals surface area contributed by atoms with Crippen LogP contribution in [0.25, 0.3) is 0 Å². The van der Waals surface area contributed by atoms with Crippen molar-refractivity contribution in [1.29, 1.82) is 0 Å². The molecule has 1 unspecified atom stereocenters. The van der Waals surface area contributed by atoms with E-state index in [0.717, 1.165) is 12.1 Å². The first kappa shape index (κ1) is 17.4. The number of carbonyl (C=O) groups excluding carboxylic acids is 2. The SMILES string of the molecule is O=C(C1CC(=O)N(c2ccc(F)c(F)c2)C1)N1CCC2(CC1)OCCO2. The lowest BCUT2D eigenvalue weighted by Gasteiger charge is -2.38. The minimum atomic E-state index is -1.01. The zero-order valence-corrected chi connectivity index (χ0v) is 14.2. The van der Waals surface area contributed by atoms with E-state index in [1.807, 2.05) is 0 Å². The van der Waals surface area contributed by atoms with Crippen molar-refractivity contribution in [2.75, 3.05) is 37.7 Å². The van der Waals surface area contributed by atoms with Crippen LogP contribution in [0.1, 0.15) is 19.3 Å². The van der Waals surface area contributed by atoms with E-state index >= 15 is 0 Å². The summed E-state index contributed by atoms with van der Waals surface area (Å²) in [4.78, 5) is 28.1. The Balaban J connectivity index is 1.40. The van der Waals surface area contributed by atoms with Gasteiger partial charge < -0.3 is 19.3 Å². The molecule has 0 N–H and O–H groups in total. The molecule has 140 valence electrons. The Morgan fingerprint density at radius 2 is 1.81 bits per heavy atom. The van der Waals surface area contributed by atoms with Gasteiger partial charge in [-0.1, -0.05) is 0 Å². The second-order valence-corrected chi connectivity index (χ2v) is 6.94. The maximum atomic E-state index is 13.4. The number of benzene rings is 1. The van der Waals surface area contributed by atoms with Gasteiger partial charge in [-0.2, -0.15) is 0 Å². The van der Waals surface area contributed by atoms with E-state index in [-0.39, 0.29) is 30.5 Å². The Kier molecular flexibility index (Phi) is 4.40. The lowest BCUT2D eigenvalue weighted by Crippen LogP contribution is -2.49. The van der Waals surface area contributed by atoms with Gasteiger partial charge >= 0.3 is 0 Å². The van der Waals surface area contributed by atoms with Crippen LogP contribution in [-0.4, -0.2) is 55.3 Å². The minimum Gasteiger partial charge on any atom is -0.347 e. The molecule has 6 nitrogen and oxygen atoms in total. The van der Waals surface area contributed by atoms with Gasteiger partial charge in [-0.3, -0.25) is 9.59 Å².